The normalized spacial score (nSPS) is 29.2. The van der Waals surface area contributed by atoms with Crippen molar-refractivity contribution in [3.63, 3.8) is 0 Å². The molecule has 1 aliphatic heterocycles. The lowest BCUT2D eigenvalue weighted by molar-refractivity contribution is 0.256. The number of rotatable bonds is 4. The molecule has 1 aliphatic carbocycles. The van der Waals surface area contributed by atoms with E-state index in [9.17, 15) is 0 Å². The average Bonchev–Trinajstić information content (AvgIpc) is 3.16. The summed E-state index contributed by atoms with van der Waals surface area (Å²) in [5, 5.41) is 8.44. The second-order valence-electron chi connectivity index (χ2n) is 5.92. The molecule has 3 nitrogen and oxygen atoms in total. The van der Waals surface area contributed by atoms with Gasteiger partial charge in [-0.05, 0) is 50.6 Å². The summed E-state index contributed by atoms with van der Waals surface area (Å²) in [6.45, 7) is 4.46. The molecule has 3 heteroatoms. The van der Waals surface area contributed by atoms with E-state index in [-0.39, 0.29) is 5.54 Å². The fourth-order valence-corrected chi connectivity index (χ4v) is 3.56. The monoisotopic (exact) mass is 247 g/mol. The standard InChI is InChI=1S/C15H25N3/c1-2-12-18-14(8-11-17-18)15(13-6-7-13)9-4-3-5-10-16-15/h8,11,13,16H,2-7,9-10,12H2,1H3. The predicted molar refractivity (Wildman–Crippen MR) is 73.4 cm³/mol. The Labute approximate surface area is 110 Å². The lowest BCUT2D eigenvalue weighted by atomic mass is 9.84. The molecule has 0 radical (unpaired) electrons. The van der Waals surface area contributed by atoms with Crippen LogP contribution in [0, 0.1) is 5.92 Å². The molecule has 1 aromatic heterocycles. The van der Waals surface area contributed by atoms with Crippen molar-refractivity contribution in [3.8, 4) is 0 Å². The summed E-state index contributed by atoms with van der Waals surface area (Å²) in [5.41, 5.74) is 1.69. The van der Waals surface area contributed by atoms with E-state index in [0.29, 0.717) is 0 Å². The first-order chi connectivity index (χ1) is 8.87. The zero-order chi connectivity index (χ0) is 12.4. The van der Waals surface area contributed by atoms with Gasteiger partial charge in [0.1, 0.15) is 0 Å². The van der Waals surface area contributed by atoms with Crippen LogP contribution in [0.25, 0.3) is 0 Å². The van der Waals surface area contributed by atoms with Crippen LogP contribution in [0.1, 0.15) is 57.6 Å². The number of nitrogens with zero attached hydrogens (tertiary/aromatic N) is 2. The van der Waals surface area contributed by atoms with E-state index in [2.05, 4.69) is 28.1 Å². The van der Waals surface area contributed by atoms with Crippen molar-refractivity contribution in [2.45, 2.75) is 64.0 Å². The van der Waals surface area contributed by atoms with E-state index in [4.69, 9.17) is 0 Å². The number of aromatic nitrogens is 2. The van der Waals surface area contributed by atoms with Crippen molar-refractivity contribution in [1.29, 1.82) is 0 Å². The highest BCUT2D eigenvalue weighted by Gasteiger charge is 2.47. The highest BCUT2D eigenvalue weighted by Crippen LogP contribution is 2.49. The Hall–Kier alpha value is -0.830. The van der Waals surface area contributed by atoms with Gasteiger partial charge in [-0.25, -0.2) is 0 Å². The van der Waals surface area contributed by atoms with E-state index in [1.165, 1.54) is 50.8 Å². The van der Waals surface area contributed by atoms with Crippen LogP contribution in [-0.2, 0) is 12.1 Å². The van der Waals surface area contributed by atoms with E-state index >= 15 is 0 Å². The molecular weight excluding hydrogens is 222 g/mol. The predicted octanol–water partition coefficient (Wildman–Crippen LogP) is 3.06. The molecule has 1 aromatic rings. The number of aryl methyl sites for hydroxylation is 1. The summed E-state index contributed by atoms with van der Waals surface area (Å²) in [6, 6.07) is 2.26. The van der Waals surface area contributed by atoms with Gasteiger partial charge in [0, 0.05) is 12.7 Å². The van der Waals surface area contributed by atoms with Gasteiger partial charge >= 0.3 is 0 Å². The zero-order valence-electron chi connectivity index (χ0n) is 11.5. The Morgan fingerprint density at radius 2 is 2.28 bits per heavy atom. The molecule has 0 spiro atoms. The molecule has 3 rings (SSSR count). The molecule has 100 valence electrons. The van der Waals surface area contributed by atoms with Gasteiger partial charge in [-0.1, -0.05) is 19.8 Å². The average molecular weight is 247 g/mol. The Balaban J connectivity index is 1.94. The van der Waals surface area contributed by atoms with Crippen molar-refractivity contribution in [2.75, 3.05) is 6.54 Å². The molecule has 2 fully saturated rings. The van der Waals surface area contributed by atoms with Crippen molar-refractivity contribution in [2.24, 2.45) is 5.92 Å². The van der Waals surface area contributed by atoms with Gasteiger partial charge in [-0.3, -0.25) is 4.68 Å². The first-order valence-electron chi connectivity index (χ1n) is 7.64. The molecule has 1 saturated heterocycles. The lowest BCUT2D eigenvalue weighted by Crippen LogP contribution is -2.45. The van der Waals surface area contributed by atoms with Crippen LogP contribution >= 0.6 is 0 Å². The third-order valence-electron chi connectivity index (χ3n) is 4.57. The van der Waals surface area contributed by atoms with Gasteiger partial charge in [0.25, 0.3) is 0 Å². The molecule has 1 N–H and O–H groups in total. The number of nitrogens with one attached hydrogen (secondary N) is 1. The second kappa shape index (κ2) is 5.04. The first kappa shape index (κ1) is 12.2. The second-order valence-corrected chi connectivity index (χ2v) is 5.92. The van der Waals surface area contributed by atoms with Crippen molar-refractivity contribution in [1.82, 2.24) is 15.1 Å². The third kappa shape index (κ3) is 2.09. The third-order valence-corrected chi connectivity index (χ3v) is 4.57. The minimum atomic E-state index is 0.238. The van der Waals surface area contributed by atoms with Crippen LogP contribution in [0.2, 0.25) is 0 Å². The van der Waals surface area contributed by atoms with Crippen LogP contribution in [-0.4, -0.2) is 16.3 Å². The van der Waals surface area contributed by atoms with E-state index in [0.717, 1.165) is 18.9 Å². The highest BCUT2D eigenvalue weighted by atomic mass is 15.3. The highest BCUT2D eigenvalue weighted by molar-refractivity contribution is 5.20. The molecule has 1 unspecified atom stereocenters. The molecule has 0 amide bonds. The summed E-state index contributed by atoms with van der Waals surface area (Å²) < 4.78 is 2.25. The summed E-state index contributed by atoms with van der Waals surface area (Å²) >= 11 is 0. The van der Waals surface area contributed by atoms with Crippen molar-refractivity contribution < 1.29 is 0 Å². The molecule has 2 heterocycles. The van der Waals surface area contributed by atoms with Gasteiger partial charge in [0.2, 0.25) is 0 Å². The van der Waals surface area contributed by atoms with Crippen LogP contribution in [0.4, 0.5) is 0 Å². The van der Waals surface area contributed by atoms with Crippen LogP contribution in [0.3, 0.4) is 0 Å². The van der Waals surface area contributed by atoms with Gasteiger partial charge in [0.05, 0.1) is 11.2 Å². The Kier molecular flexibility index (Phi) is 3.42. The number of hydrogen-bond acceptors (Lipinski definition) is 2. The lowest BCUT2D eigenvalue weighted by Gasteiger charge is -2.35. The minimum Gasteiger partial charge on any atom is -0.306 e. The maximum atomic E-state index is 4.54. The summed E-state index contributed by atoms with van der Waals surface area (Å²) in [7, 11) is 0. The van der Waals surface area contributed by atoms with Gasteiger partial charge in [-0.2, -0.15) is 5.10 Å². The maximum Gasteiger partial charge on any atom is 0.0634 e. The van der Waals surface area contributed by atoms with Crippen molar-refractivity contribution >= 4 is 0 Å². The summed E-state index contributed by atoms with van der Waals surface area (Å²) in [5.74, 6) is 0.850. The molecule has 18 heavy (non-hydrogen) atoms. The number of hydrogen-bond donors (Lipinski definition) is 1. The Morgan fingerprint density at radius 1 is 1.39 bits per heavy atom. The topological polar surface area (TPSA) is 29.9 Å². The van der Waals surface area contributed by atoms with Gasteiger partial charge in [0.15, 0.2) is 0 Å². The van der Waals surface area contributed by atoms with E-state index < -0.39 is 0 Å². The SMILES string of the molecule is CCCn1nccc1C1(C2CC2)CCCCCN1. The quantitative estimate of drug-likeness (QED) is 0.886. The molecule has 1 atom stereocenters. The largest absolute Gasteiger partial charge is 0.306 e. The van der Waals surface area contributed by atoms with E-state index in [1.807, 2.05) is 6.20 Å². The zero-order valence-corrected chi connectivity index (χ0v) is 11.5. The molecule has 0 bridgehead atoms. The minimum absolute atomic E-state index is 0.238. The van der Waals surface area contributed by atoms with Gasteiger partial charge < -0.3 is 5.32 Å². The fourth-order valence-electron chi connectivity index (χ4n) is 3.56. The molecular formula is C15H25N3. The summed E-state index contributed by atoms with van der Waals surface area (Å²) in [6.07, 6.45) is 11.3. The first-order valence-corrected chi connectivity index (χ1v) is 7.64. The maximum absolute atomic E-state index is 4.54. The van der Waals surface area contributed by atoms with Crippen LogP contribution in [0.15, 0.2) is 12.3 Å². The Bertz CT molecular complexity index is 384. The van der Waals surface area contributed by atoms with Crippen molar-refractivity contribution in [3.05, 3.63) is 18.0 Å². The smallest absolute Gasteiger partial charge is 0.0634 e. The summed E-state index contributed by atoms with van der Waals surface area (Å²) in [4.78, 5) is 0. The molecule has 2 aliphatic rings. The fraction of sp³-hybridized carbons (Fsp3) is 0.800. The van der Waals surface area contributed by atoms with Crippen LogP contribution < -0.4 is 5.32 Å². The molecule has 0 aromatic carbocycles. The molecule has 1 saturated carbocycles. The Morgan fingerprint density at radius 3 is 3.06 bits per heavy atom. The van der Waals surface area contributed by atoms with Gasteiger partial charge in [-0.15, -0.1) is 0 Å². The van der Waals surface area contributed by atoms with Crippen LogP contribution in [0.5, 0.6) is 0 Å². The van der Waals surface area contributed by atoms with E-state index in [1.54, 1.807) is 0 Å².